The summed E-state index contributed by atoms with van der Waals surface area (Å²) in [5, 5.41) is 3.77. The van der Waals surface area contributed by atoms with Gasteiger partial charge < -0.3 is 5.32 Å². The van der Waals surface area contributed by atoms with E-state index in [9.17, 15) is 4.79 Å². The van der Waals surface area contributed by atoms with Gasteiger partial charge in [0.2, 0.25) is 0 Å². The Morgan fingerprint density at radius 2 is 1.67 bits per heavy atom. The minimum Gasteiger partial charge on any atom is -0.348 e. The summed E-state index contributed by atoms with van der Waals surface area (Å²) in [4.78, 5) is 12.3. The average molecular weight is 476 g/mol. The molecule has 0 aliphatic heterocycles. The Hall–Kier alpha value is -0.650. The van der Waals surface area contributed by atoms with Crippen LogP contribution in [0.15, 0.2) is 57.5 Å². The van der Waals surface area contributed by atoms with Gasteiger partial charge in [-0.15, -0.1) is 0 Å². The lowest BCUT2D eigenvalue weighted by Crippen LogP contribution is -2.37. The number of rotatable bonds is 5. The van der Waals surface area contributed by atoms with Gasteiger partial charge in [-0.05, 0) is 30.2 Å². The first-order chi connectivity index (χ1) is 10.1. The summed E-state index contributed by atoms with van der Waals surface area (Å²) in [6.45, 7) is 0. The molecule has 2 rings (SSSR count). The molecule has 0 bridgehead atoms. The van der Waals surface area contributed by atoms with E-state index in [1.54, 1.807) is 0 Å². The molecule has 1 amide bonds. The molecule has 0 aliphatic carbocycles. The normalized spacial score (nSPS) is 12.0. The Kier molecular flexibility index (Phi) is 6.45. The highest BCUT2D eigenvalue weighted by Gasteiger charge is 2.14. The lowest BCUT2D eigenvalue weighted by atomic mass is 10.1. The highest BCUT2D eigenvalue weighted by molar-refractivity contribution is 9.11. The topological polar surface area (TPSA) is 29.1 Å². The molecule has 0 saturated heterocycles. The average Bonchev–Trinajstić information content (AvgIpc) is 2.46. The molecule has 0 aliphatic rings. The highest BCUT2D eigenvalue weighted by atomic mass is 79.9. The van der Waals surface area contributed by atoms with Crippen molar-refractivity contribution < 1.29 is 4.79 Å². The molecular weight excluding hydrogens is 462 g/mol. The minimum atomic E-state index is -0.0719. The predicted octanol–water partition coefficient (Wildman–Crippen LogP) is 4.95. The van der Waals surface area contributed by atoms with Gasteiger partial charge in [0.05, 0.1) is 0 Å². The third-order valence-electron chi connectivity index (χ3n) is 2.97. The van der Waals surface area contributed by atoms with Crippen molar-refractivity contribution >= 4 is 53.7 Å². The number of hydrogen-bond donors (Lipinski definition) is 1. The van der Waals surface area contributed by atoms with Crippen molar-refractivity contribution in [2.45, 2.75) is 12.5 Å². The Morgan fingerprint density at radius 3 is 2.24 bits per heavy atom. The van der Waals surface area contributed by atoms with Gasteiger partial charge in [-0.2, -0.15) is 0 Å². The van der Waals surface area contributed by atoms with E-state index in [-0.39, 0.29) is 11.9 Å². The van der Waals surface area contributed by atoms with E-state index in [1.807, 2.05) is 36.4 Å². The molecule has 2 aromatic rings. The predicted molar refractivity (Wildman–Crippen MR) is 97.0 cm³/mol. The van der Waals surface area contributed by atoms with Gasteiger partial charge in [-0.25, -0.2) is 0 Å². The standard InChI is InChI=1S/C16H14Br3NO/c17-10-15(6-11-4-2-1-3-5-11)20-16(21)12-7-13(18)9-14(19)8-12/h1-5,7-9,15H,6,10H2,(H,20,21). The summed E-state index contributed by atoms with van der Waals surface area (Å²) in [5.74, 6) is -0.0719. The zero-order chi connectivity index (χ0) is 15.2. The fourth-order valence-corrected chi connectivity index (χ4v) is 3.68. The van der Waals surface area contributed by atoms with Crippen molar-refractivity contribution in [2.24, 2.45) is 0 Å². The Bertz CT molecular complexity index is 596. The van der Waals surface area contributed by atoms with Crippen LogP contribution >= 0.6 is 47.8 Å². The van der Waals surface area contributed by atoms with Crippen molar-refractivity contribution in [3.8, 4) is 0 Å². The molecule has 2 aromatic carbocycles. The molecule has 2 nitrogen and oxygen atoms in total. The van der Waals surface area contributed by atoms with Crippen LogP contribution in [0.5, 0.6) is 0 Å². The molecule has 0 aromatic heterocycles. The van der Waals surface area contributed by atoms with Crippen LogP contribution in [-0.2, 0) is 6.42 Å². The molecule has 0 radical (unpaired) electrons. The Balaban J connectivity index is 2.05. The minimum absolute atomic E-state index is 0.0534. The van der Waals surface area contributed by atoms with Gasteiger partial charge in [0.25, 0.3) is 5.91 Å². The van der Waals surface area contributed by atoms with Crippen LogP contribution in [0.3, 0.4) is 0 Å². The van der Waals surface area contributed by atoms with Gasteiger partial charge in [0.1, 0.15) is 0 Å². The van der Waals surface area contributed by atoms with Crippen LogP contribution in [0.25, 0.3) is 0 Å². The van der Waals surface area contributed by atoms with Crippen LogP contribution in [0, 0.1) is 0 Å². The number of alkyl halides is 1. The van der Waals surface area contributed by atoms with Gasteiger partial charge >= 0.3 is 0 Å². The number of nitrogens with one attached hydrogen (secondary N) is 1. The van der Waals surface area contributed by atoms with E-state index in [4.69, 9.17) is 0 Å². The molecule has 0 fully saturated rings. The highest BCUT2D eigenvalue weighted by Crippen LogP contribution is 2.20. The summed E-state index contributed by atoms with van der Waals surface area (Å²) < 4.78 is 1.75. The first-order valence-electron chi connectivity index (χ1n) is 6.45. The van der Waals surface area contributed by atoms with Crippen LogP contribution in [0.4, 0.5) is 0 Å². The fraction of sp³-hybridized carbons (Fsp3) is 0.188. The SMILES string of the molecule is O=C(NC(CBr)Cc1ccccc1)c1cc(Br)cc(Br)c1. The first kappa shape index (κ1) is 16.7. The molecular formula is C16H14Br3NO. The Labute approximate surface area is 149 Å². The second-order valence-electron chi connectivity index (χ2n) is 4.67. The number of amides is 1. The van der Waals surface area contributed by atoms with E-state index < -0.39 is 0 Å². The lowest BCUT2D eigenvalue weighted by Gasteiger charge is -2.16. The maximum absolute atomic E-state index is 12.3. The second-order valence-corrected chi connectivity index (χ2v) is 7.15. The summed E-state index contributed by atoms with van der Waals surface area (Å²) in [5.41, 5.74) is 1.84. The fourth-order valence-electron chi connectivity index (χ4n) is 2.00. The molecule has 21 heavy (non-hydrogen) atoms. The van der Waals surface area contributed by atoms with Gasteiger partial charge in [0.15, 0.2) is 0 Å². The molecule has 0 saturated carbocycles. The van der Waals surface area contributed by atoms with Gasteiger partial charge in [-0.1, -0.05) is 78.1 Å². The van der Waals surface area contributed by atoms with Crippen molar-refractivity contribution in [3.05, 3.63) is 68.6 Å². The molecule has 1 atom stereocenters. The van der Waals surface area contributed by atoms with E-state index in [0.717, 1.165) is 15.4 Å². The maximum atomic E-state index is 12.3. The van der Waals surface area contributed by atoms with Crippen molar-refractivity contribution in [1.29, 1.82) is 0 Å². The van der Waals surface area contributed by atoms with Crippen LogP contribution in [0.2, 0.25) is 0 Å². The van der Waals surface area contributed by atoms with Crippen molar-refractivity contribution in [3.63, 3.8) is 0 Å². The number of benzene rings is 2. The second kappa shape index (κ2) is 8.11. The van der Waals surface area contributed by atoms with E-state index >= 15 is 0 Å². The third-order valence-corrected chi connectivity index (χ3v) is 4.67. The van der Waals surface area contributed by atoms with Crippen LogP contribution in [-0.4, -0.2) is 17.3 Å². The summed E-state index contributed by atoms with van der Waals surface area (Å²) >= 11 is 10.3. The van der Waals surface area contributed by atoms with E-state index in [1.165, 1.54) is 5.56 Å². The van der Waals surface area contributed by atoms with Crippen molar-refractivity contribution in [1.82, 2.24) is 5.32 Å². The number of hydrogen-bond acceptors (Lipinski definition) is 1. The number of halogens is 3. The van der Waals surface area contributed by atoms with Gasteiger partial charge in [-0.3, -0.25) is 4.79 Å². The first-order valence-corrected chi connectivity index (χ1v) is 9.16. The maximum Gasteiger partial charge on any atom is 0.251 e. The number of carbonyl (C=O) groups excluding carboxylic acids is 1. The molecule has 110 valence electrons. The molecule has 1 N–H and O–H groups in total. The lowest BCUT2D eigenvalue weighted by molar-refractivity contribution is 0.0941. The van der Waals surface area contributed by atoms with E-state index in [2.05, 4.69) is 65.2 Å². The quantitative estimate of drug-likeness (QED) is 0.609. The molecule has 0 spiro atoms. The third kappa shape index (κ3) is 5.24. The van der Waals surface area contributed by atoms with Gasteiger partial charge in [0, 0.05) is 25.9 Å². The molecule has 1 unspecified atom stereocenters. The number of carbonyl (C=O) groups is 1. The summed E-state index contributed by atoms with van der Waals surface area (Å²) in [6, 6.07) is 15.7. The van der Waals surface area contributed by atoms with Crippen LogP contribution in [0.1, 0.15) is 15.9 Å². The smallest absolute Gasteiger partial charge is 0.251 e. The van der Waals surface area contributed by atoms with Crippen LogP contribution < -0.4 is 5.32 Å². The summed E-state index contributed by atoms with van der Waals surface area (Å²) in [6.07, 6.45) is 0.799. The zero-order valence-corrected chi connectivity index (χ0v) is 15.9. The van der Waals surface area contributed by atoms with Crippen molar-refractivity contribution in [2.75, 3.05) is 5.33 Å². The largest absolute Gasteiger partial charge is 0.348 e. The van der Waals surface area contributed by atoms with E-state index in [0.29, 0.717) is 10.9 Å². The zero-order valence-electron chi connectivity index (χ0n) is 11.2. The summed E-state index contributed by atoms with van der Waals surface area (Å²) in [7, 11) is 0. The Morgan fingerprint density at radius 1 is 1.05 bits per heavy atom. The molecule has 0 heterocycles. The molecule has 5 heteroatoms. The monoisotopic (exact) mass is 473 g/mol.